The van der Waals surface area contributed by atoms with E-state index in [4.69, 9.17) is 0 Å². The van der Waals surface area contributed by atoms with Gasteiger partial charge in [0.15, 0.2) is 0 Å². The van der Waals surface area contributed by atoms with Crippen LogP contribution >= 0.6 is 0 Å². The Labute approximate surface area is 182 Å². The number of hydrogen-bond acceptors (Lipinski definition) is 3. The van der Waals surface area contributed by atoms with Crippen molar-refractivity contribution in [1.82, 2.24) is 4.90 Å². The topological polar surface area (TPSA) is 57.7 Å². The van der Waals surface area contributed by atoms with Gasteiger partial charge in [-0.05, 0) is 80.3 Å². The number of piperidine rings is 1. The Kier molecular flexibility index (Phi) is 5.24. The van der Waals surface area contributed by atoms with Gasteiger partial charge < -0.3 is 4.90 Å². The molecule has 3 aliphatic rings. The maximum absolute atomic E-state index is 13.5. The molecule has 2 bridgehead atoms. The Balaban J connectivity index is 1.36. The van der Waals surface area contributed by atoms with Crippen molar-refractivity contribution in [3.8, 4) is 0 Å². The molecule has 5 rings (SSSR count). The number of carbonyl (C=O) groups is 1. The van der Waals surface area contributed by atoms with Crippen molar-refractivity contribution in [2.45, 2.75) is 56.5 Å². The Morgan fingerprint density at radius 2 is 1.68 bits per heavy atom. The van der Waals surface area contributed by atoms with Gasteiger partial charge in [-0.2, -0.15) is 0 Å². The summed E-state index contributed by atoms with van der Waals surface area (Å²) in [6.45, 7) is 0.467. The van der Waals surface area contributed by atoms with Crippen LogP contribution in [0.1, 0.15) is 60.4 Å². The van der Waals surface area contributed by atoms with Gasteiger partial charge in [-0.15, -0.1) is 0 Å². The lowest BCUT2D eigenvalue weighted by molar-refractivity contribution is 0.0571. The van der Waals surface area contributed by atoms with Crippen molar-refractivity contribution >= 4 is 21.6 Å². The van der Waals surface area contributed by atoms with E-state index in [1.165, 1.54) is 16.4 Å². The van der Waals surface area contributed by atoms with Crippen molar-refractivity contribution in [2.24, 2.45) is 0 Å². The molecule has 2 aromatic rings. The molecule has 7 heteroatoms. The molecule has 0 unspecified atom stereocenters. The third kappa shape index (κ3) is 3.84. The van der Waals surface area contributed by atoms with E-state index in [1.807, 2.05) is 17.0 Å². The van der Waals surface area contributed by atoms with Crippen LogP contribution in [-0.4, -0.2) is 43.6 Å². The number of amides is 1. The van der Waals surface area contributed by atoms with Crippen LogP contribution in [0.25, 0.3) is 0 Å². The van der Waals surface area contributed by atoms with Gasteiger partial charge in [0.2, 0.25) is 10.0 Å². The highest BCUT2D eigenvalue weighted by molar-refractivity contribution is 7.92. The van der Waals surface area contributed by atoms with Crippen molar-refractivity contribution < 1.29 is 17.6 Å². The van der Waals surface area contributed by atoms with E-state index >= 15 is 0 Å². The molecule has 31 heavy (non-hydrogen) atoms. The van der Waals surface area contributed by atoms with Gasteiger partial charge in [0.1, 0.15) is 5.82 Å². The van der Waals surface area contributed by atoms with Gasteiger partial charge in [0, 0.05) is 24.2 Å². The molecule has 5 nitrogen and oxygen atoms in total. The Morgan fingerprint density at radius 1 is 0.968 bits per heavy atom. The van der Waals surface area contributed by atoms with Crippen molar-refractivity contribution in [1.29, 1.82) is 0 Å². The van der Waals surface area contributed by atoms with E-state index in [1.54, 1.807) is 24.3 Å². The summed E-state index contributed by atoms with van der Waals surface area (Å²) in [4.78, 5) is 15.5. The summed E-state index contributed by atoms with van der Waals surface area (Å²) in [6.07, 6.45) is 5.24. The fourth-order valence-corrected chi connectivity index (χ4v) is 7.17. The molecule has 3 fully saturated rings. The summed E-state index contributed by atoms with van der Waals surface area (Å²) in [5.41, 5.74) is 2.28. The smallest absolute Gasteiger partial charge is 0.254 e. The average molecular weight is 443 g/mol. The van der Waals surface area contributed by atoms with Crippen molar-refractivity contribution in [3.05, 3.63) is 65.5 Å². The van der Waals surface area contributed by atoms with E-state index in [0.29, 0.717) is 30.1 Å². The second-order valence-corrected chi connectivity index (χ2v) is 11.0. The van der Waals surface area contributed by atoms with Crippen LogP contribution in [0.4, 0.5) is 10.1 Å². The lowest BCUT2D eigenvalue weighted by Gasteiger charge is -2.39. The molecule has 2 aromatic carbocycles. The summed E-state index contributed by atoms with van der Waals surface area (Å²) in [5, 5.41) is 0. The number of sulfonamides is 1. The SMILES string of the molecule is O=C(c1cccc(N2CCCCS2(=O)=O)c1)N1[C@H]2CC[C@H]1CC(c1ccc(F)cc1)C2. The molecule has 3 aliphatic heterocycles. The van der Waals surface area contributed by atoms with Crippen molar-refractivity contribution in [3.63, 3.8) is 0 Å². The number of anilines is 1. The van der Waals surface area contributed by atoms with Crippen LogP contribution in [0.5, 0.6) is 0 Å². The Hall–Kier alpha value is -2.41. The molecule has 0 aromatic heterocycles. The molecular formula is C24H27FN2O3S. The number of hydrogen-bond donors (Lipinski definition) is 0. The first kappa shape index (κ1) is 20.5. The van der Waals surface area contributed by atoms with Gasteiger partial charge in [-0.1, -0.05) is 18.2 Å². The van der Waals surface area contributed by atoms with Gasteiger partial charge in [-0.3, -0.25) is 9.10 Å². The predicted molar refractivity (Wildman–Crippen MR) is 118 cm³/mol. The van der Waals surface area contributed by atoms with Crippen LogP contribution < -0.4 is 4.31 Å². The van der Waals surface area contributed by atoms with Gasteiger partial charge in [0.05, 0.1) is 11.4 Å². The lowest BCUT2D eigenvalue weighted by Crippen LogP contribution is -2.46. The summed E-state index contributed by atoms with van der Waals surface area (Å²) in [5.74, 6) is 0.259. The third-order valence-corrected chi connectivity index (χ3v) is 8.91. The molecule has 0 saturated carbocycles. The highest BCUT2D eigenvalue weighted by Gasteiger charge is 2.43. The average Bonchev–Trinajstić information content (AvgIpc) is 3.02. The number of benzene rings is 2. The van der Waals surface area contributed by atoms with Crippen LogP contribution in [-0.2, 0) is 10.0 Å². The molecule has 0 N–H and O–H groups in total. The number of nitrogens with zero attached hydrogens (tertiary/aromatic N) is 2. The summed E-state index contributed by atoms with van der Waals surface area (Å²) >= 11 is 0. The fourth-order valence-electron chi connectivity index (χ4n) is 5.54. The molecule has 0 spiro atoms. The Bertz CT molecular complexity index is 1070. The molecule has 0 aliphatic carbocycles. The molecule has 1 amide bonds. The third-order valence-electron chi connectivity index (χ3n) is 7.04. The first-order valence-electron chi connectivity index (χ1n) is 11.1. The van der Waals surface area contributed by atoms with Crippen molar-refractivity contribution in [2.75, 3.05) is 16.6 Å². The molecular weight excluding hydrogens is 415 g/mol. The zero-order valence-electron chi connectivity index (χ0n) is 17.4. The monoisotopic (exact) mass is 442 g/mol. The van der Waals surface area contributed by atoms with E-state index in [0.717, 1.165) is 37.7 Å². The number of halogens is 1. The van der Waals surface area contributed by atoms with Crippen LogP contribution in [0.3, 0.4) is 0 Å². The maximum Gasteiger partial charge on any atom is 0.254 e. The quantitative estimate of drug-likeness (QED) is 0.712. The molecule has 164 valence electrons. The Morgan fingerprint density at radius 3 is 2.35 bits per heavy atom. The molecule has 3 saturated heterocycles. The molecule has 3 heterocycles. The van der Waals surface area contributed by atoms with E-state index in [2.05, 4.69) is 0 Å². The van der Waals surface area contributed by atoms with Crippen LogP contribution in [0, 0.1) is 5.82 Å². The fraction of sp³-hybridized carbons (Fsp3) is 0.458. The lowest BCUT2D eigenvalue weighted by atomic mass is 9.85. The zero-order chi connectivity index (χ0) is 21.6. The minimum atomic E-state index is -3.31. The highest BCUT2D eigenvalue weighted by Crippen LogP contribution is 2.43. The molecule has 0 radical (unpaired) electrons. The minimum Gasteiger partial charge on any atom is -0.333 e. The van der Waals surface area contributed by atoms with E-state index < -0.39 is 10.0 Å². The number of fused-ring (bicyclic) bond motifs is 2. The molecule has 2 atom stereocenters. The standard InChI is InChI=1S/C24H27FN2O3S/c25-20-8-6-17(7-9-20)19-15-22-10-11-23(16-19)27(22)24(28)18-4-3-5-21(14-18)26-12-1-2-13-31(26,29)30/h3-9,14,19,22-23H,1-2,10-13,15-16H2/t22-,23-/m0/s1. The normalized spacial score (nSPS) is 27.3. The van der Waals surface area contributed by atoms with Gasteiger partial charge >= 0.3 is 0 Å². The van der Waals surface area contributed by atoms with Gasteiger partial charge in [-0.25, -0.2) is 12.8 Å². The first-order chi connectivity index (χ1) is 14.9. The summed E-state index contributed by atoms with van der Waals surface area (Å²) in [7, 11) is -3.31. The first-order valence-corrected chi connectivity index (χ1v) is 12.7. The highest BCUT2D eigenvalue weighted by atomic mass is 32.2. The van der Waals surface area contributed by atoms with E-state index in [9.17, 15) is 17.6 Å². The maximum atomic E-state index is 13.5. The predicted octanol–water partition coefficient (Wildman–Crippen LogP) is 4.31. The zero-order valence-corrected chi connectivity index (χ0v) is 18.2. The summed E-state index contributed by atoms with van der Waals surface area (Å²) in [6, 6.07) is 14.1. The van der Waals surface area contributed by atoms with Crippen LogP contribution in [0.2, 0.25) is 0 Å². The number of carbonyl (C=O) groups excluding carboxylic acids is 1. The summed E-state index contributed by atoms with van der Waals surface area (Å²) < 4.78 is 39.7. The van der Waals surface area contributed by atoms with Crippen LogP contribution in [0.15, 0.2) is 48.5 Å². The van der Waals surface area contributed by atoms with E-state index in [-0.39, 0.29) is 29.6 Å². The largest absolute Gasteiger partial charge is 0.333 e. The second-order valence-electron chi connectivity index (χ2n) is 8.96. The minimum absolute atomic E-state index is 0.0127. The number of rotatable bonds is 3. The van der Waals surface area contributed by atoms with Gasteiger partial charge in [0.25, 0.3) is 5.91 Å². The second kappa shape index (κ2) is 7.93.